The van der Waals surface area contributed by atoms with Crippen LogP contribution in [-0.4, -0.2) is 16.9 Å². The van der Waals surface area contributed by atoms with E-state index < -0.39 is 11.8 Å². The number of amides is 2. The van der Waals surface area contributed by atoms with Gasteiger partial charge in [-0.1, -0.05) is 42.5 Å². The lowest BCUT2D eigenvalue weighted by atomic mass is 10.0. The van der Waals surface area contributed by atoms with Gasteiger partial charge in [-0.05, 0) is 41.1 Å². The van der Waals surface area contributed by atoms with Crippen LogP contribution in [0.5, 0.6) is 0 Å². The van der Waals surface area contributed by atoms with Gasteiger partial charge in [0.15, 0.2) is 5.11 Å². The van der Waals surface area contributed by atoms with E-state index in [2.05, 4.69) is 10.6 Å². The van der Waals surface area contributed by atoms with Crippen LogP contribution in [0.4, 0.5) is 4.39 Å². The van der Waals surface area contributed by atoms with Crippen LogP contribution in [0.3, 0.4) is 0 Å². The predicted molar refractivity (Wildman–Crippen MR) is 92.5 cm³/mol. The van der Waals surface area contributed by atoms with Crippen molar-refractivity contribution in [2.75, 3.05) is 0 Å². The minimum atomic E-state index is -0.529. The Morgan fingerprint density at radius 2 is 1.58 bits per heavy atom. The maximum absolute atomic E-state index is 13.7. The summed E-state index contributed by atoms with van der Waals surface area (Å²) in [7, 11) is 0. The van der Waals surface area contributed by atoms with E-state index in [0.29, 0.717) is 17.5 Å². The van der Waals surface area contributed by atoms with Gasteiger partial charge in [-0.3, -0.25) is 20.2 Å². The van der Waals surface area contributed by atoms with E-state index in [4.69, 9.17) is 12.2 Å². The summed E-state index contributed by atoms with van der Waals surface area (Å²) in [4.78, 5) is 23.6. The van der Waals surface area contributed by atoms with Gasteiger partial charge in [-0.2, -0.15) is 0 Å². The fourth-order valence-electron chi connectivity index (χ4n) is 2.37. The van der Waals surface area contributed by atoms with E-state index >= 15 is 0 Å². The van der Waals surface area contributed by atoms with Crippen molar-refractivity contribution in [3.8, 4) is 0 Å². The summed E-state index contributed by atoms with van der Waals surface area (Å²) in [5.41, 5.74) is 2.23. The van der Waals surface area contributed by atoms with Crippen LogP contribution in [0, 0.1) is 5.82 Å². The van der Waals surface area contributed by atoms with Crippen LogP contribution in [0.15, 0.2) is 54.1 Å². The minimum Gasteiger partial charge on any atom is -0.299 e. The van der Waals surface area contributed by atoms with Gasteiger partial charge in [0.05, 0.1) is 0 Å². The zero-order chi connectivity index (χ0) is 17.1. The number of benzene rings is 2. The average molecular weight is 340 g/mol. The second kappa shape index (κ2) is 6.72. The van der Waals surface area contributed by atoms with E-state index in [1.54, 1.807) is 30.3 Å². The average Bonchev–Trinajstić information content (AvgIpc) is 2.54. The van der Waals surface area contributed by atoms with E-state index in [1.165, 1.54) is 12.1 Å². The Bertz CT molecular complexity index is 838. The second-order valence-corrected chi connectivity index (χ2v) is 5.71. The van der Waals surface area contributed by atoms with Gasteiger partial charge in [0.2, 0.25) is 0 Å². The largest absolute Gasteiger partial charge is 0.299 e. The maximum atomic E-state index is 13.7. The number of halogens is 1. The number of thiocarbonyl (C=S) groups is 1. The van der Waals surface area contributed by atoms with Gasteiger partial charge in [-0.25, -0.2) is 4.39 Å². The molecule has 1 heterocycles. The van der Waals surface area contributed by atoms with E-state index in [1.807, 2.05) is 12.1 Å². The van der Waals surface area contributed by atoms with Crippen LogP contribution in [-0.2, 0) is 16.0 Å². The molecule has 2 N–H and O–H groups in total. The molecule has 4 nitrogen and oxygen atoms in total. The predicted octanol–water partition coefficient (Wildman–Crippen LogP) is 2.33. The molecule has 1 aliphatic heterocycles. The molecule has 1 fully saturated rings. The van der Waals surface area contributed by atoms with Crippen molar-refractivity contribution in [3.05, 3.63) is 76.6 Å². The van der Waals surface area contributed by atoms with Gasteiger partial charge in [0, 0.05) is 6.42 Å². The van der Waals surface area contributed by atoms with Crippen molar-refractivity contribution in [2.24, 2.45) is 0 Å². The lowest BCUT2D eigenvalue weighted by molar-refractivity contribution is -0.123. The van der Waals surface area contributed by atoms with Gasteiger partial charge in [-0.15, -0.1) is 0 Å². The molecule has 3 rings (SSSR count). The molecule has 1 aliphatic rings. The fraction of sp³-hybridized carbons (Fsp3) is 0.0556. The molecule has 6 heteroatoms. The summed E-state index contributed by atoms with van der Waals surface area (Å²) in [5, 5.41) is 4.76. The first-order chi connectivity index (χ1) is 11.5. The SMILES string of the molecule is O=C1NC(=S)NC(=O)C1=Cc1ccc(Cc2ccccc2F)cc1. The molecule has 120 valence electrons. The third-order valence-corrected chi connectivity index (χ3v) is 3.79. The minimum absolute atomic E-state index is 0.00221. The van der Waals surface area contributed by atoms with Crippen molar-refractivity contribution in [1.29, 1.82) is 0 Å². The molecule has 0 spiro atoms. The first-order valence-corrected chi connectivity index (χ1v) is 7.64. The highest BCUT2D eigenvalue weighted by Gasteiger charge is 2.25. The molecular weight excluding hydrogens is 327 g/mol. The molecular formula is C18H13FN2O2S. The molecule has 0 radical (unpaired) electrons. The van der Waals surface area contributed by atoms with Crippen molar-refractivity contribution >= 4 is 35.2 Å². The summed E-state index contributed by atoms with van der Waals surface area (Å²) in [5.74, 6) is -1.30. The third kappa shape index (κ3) is 3.55. The zero-order valence-electron chi connectivity index (χ0n) is 12.5. The number of carbonyl (C=O) groups excluding carboxylic acids is 2. The summed E-state index contributed by atoms with van der Waals surface area (Å²) in [6, 6.07) is 13.8. The lowest BCUT2D eigenvalue weighted by Gasteiger charge is -2.16. The third-order valence-electron chi connectivity index (χ3n) is 3.59. The first-order valence-electron chi connectivity index (χ1n) is 7.23. The Balaban J connectivity index is 1.79. The van der Waals surface area contributed by atoms with Gasteiger partial charge >= 0.3 is 0 Å². The summed E-state index contributed by atoms with van der Waals surface area (Å²) in [6.07, 6.45) is 1.96. The van der Waals surface area contributed by atoms with E-state index in [0.717, 1.165) is 5.56 Å². The van der Waals surface area contributed by atoms with E-state index in [9.17, 15) is 14.0 Å². The van der Waals surface area contributed by atoms with Crippen LogP contribution < -0.4 is 10.6 Å². The van der Waals surface area contributed by atoms with Gasteiger partial charge < -0.3 is 0 Å². The van der Waals surface area contributed by atoms with Crippen molar-refractivity contribution < 1.29 is 14.0 Å². The molecule has 1 saturated heterocycles. The van der Waals surface area contributed by atoms with Gasteiger partial charge in [0.25, 0.3) is 11.8 Å². The Kier molecular flexibility index (Phi) is 4.48. The highest BCUT2D eigenvalue weighted by atomic mass is 32.1. The number of hydrogen-bond acceptors (Lipinski definition) is 3. The monoisotopic (exact) mass is 340 g/mol. The highest BCUT2D eigenvalue weighted by molar-refractivity contribution is 7.80. The van der Waals surface area contributed by atoms with E-state index in [-0.39, 0.29) is 16.5 Å². The molecule has 0 bridgehead atoms. The van der Waals surface area contributed by atoms with Gasteiger partial charge in [0.1, 0.15) is 11.4 Å². The summed E-state index contributed by atoms with van der Waals surface area (Å²) >= 11 is 4.75. The highest BCUT2D eigenvalue weighted by Crippen LogP contribution is 2.16. The first kappa shape index (κ1) is 16.0. The maximum Gasteiger partial charge on any atom is 0.263 e. The standard InChI is InChI=1S/C18H13FN2O2S/c19-15-4-2-1-3-13(15)9-11-5-7-12(8-6-11)10-14-16(22)20-18(24)21-17(14)23/h1-8,10H,9H2,(H2,20,21,22,23,24). The Hall–Kier alpha value is -2.86. The summed E-state index contributed by atoms with van der Waals surface area (Å²) < 4.78 is 13.7. The molecule has 24 heavy (non-hydrogen) atoms. The van der Waals surface area contributed by atoms with Crippen molar-refractivity contribution in [3.63, 3.8) is 0 Å². The molecule has 0 aromatic heterocycles. The Labute approximate surface area is 143 Å². The number of nitrogens with one attached hydrogen (secondary N) is 2. The van der Waals surface area contributed by atoms with Crippen LogP contribution in [0.1, 0.15) is 16.7 Å². The normalized spacial score (nSPS) is 14.2. The smallest absolute Gasteiger partial charge is 0.263 e. The van der Waals surface area contributed by atoms with Crippen molar-refractivity contribution in [1.82, 2.24) is 10.6 Å². The lowest BCUT2D eigenvalue weighted by Crippen LogP contribution is -2.51. The molecule has 0 unspecified atom stereocenters. The summed E-state index contributed by atoms with van der Waals surface area (Å²) in [6.45, 7) is 0. The molecule has 2 aromatic rings. The molecule has 0 saturated carbocycles. The van der Waals surface area contributed by atoms with Crippen LogP contribution >= 0.6 is 12.2 Å². The fourth-order valence-corrected chi connectivity index (χ4v) is 2.55. The number of rotatable bonds is 3. The van der Waals surface area contributed by atoms with Crippen molar-refractivity contribution in [2.45, 2.75) is 6.42 Å². The number of hydrogen-bond donors (Lipinski definition) is 2. The zero-order valence-corrected chi connectivity index (χ0v) is 13.3. The molecule has 0 aliphatic carbocycles. The van der Waals surface area contributed by atoms with Crippen LogP contribution in [0.2, 0.25) is 0 Å². The quantitative estimate of drug-likeness (QED) is 0.512. The van der Waals surface area contributed by atoms with Crippen LogP contribution in [0.25, 0.3) is 6.08 Å². The Morgan fingerprint density at radius 1 is 0.958 bits per heavy atom. The molecule has 2 amide bonds. The topological polar surface area (TPSA) is 58.2 Å². The molecule has 2 aromatic carbocycles. The Morgan fingerprint density at radius 3 is 2.21 bits per heavy atom. The number of carbonyl (C=O) groups is 2. The molecule has 0 atom stereocenters. The second-order valence-electron chi connectivity index (χ2n) is 5.31.